The maximum absolute atomic E-state index is 5.55. The fraction of sp³-hybridized carbons (Fsp3) is 0.333. The number of aryl methyl sites for hydroxylation is 1. The Balaban J connectivity index is 1.68. The van der Waals surface area contributed by atoms with E-state index in [2.05, 4.69) is 33.7 Å². The fourth-order valence-electron chi connectivity index (χ4n) is 2.28. The molecule has 0 saturated carbocycles. The molecule has 0 spiro atoms. The molecule has 0 amide bonds. The van der Waals surface area contributed by atoms with Gasteiger partial charge >= 0.3 is 0 Å². The number of allylic oxidation sites excluding steroid dienone is 1. The van der Waals surface area contributed by atoms with Gasteiger partial charge in [0.15, 0.2) is 5.82 Å². The van der Waals surface area contributed by atoms with Crippen LogP contribution in [0.1, 0.15) is 12.8 Å². The number of hydrogen-bond donors (Lipinski definition) is 1. The molecule has 1 atom stereocenters. The van der Waals surface area contributed by atoms with Crippen LogP contribution >= 0.6 is 0 Å². The Kier molecular flexibility index (Phi) is 3.67. The Morgan fingerprint density at radius 2 is 2.40 bits per heavy atom. The van der Waals surface area contributed by atoms with Gasteiger partial charge in [-0.3, -0.25) is 0 Å². The van der Waals surface area contributed by atoms with Gasteiger partial charge in [-0.25, -0.2) is 0 Å². The Hall–Kier alpha value is -2.30. The van der Waals surface area contributed by atoms with E-state index in [9.17, 15) is 0 Å². The van der Waals surface area contributed by atoms with Crippen LogP contribution in [-0.4, -0.2) is 27.4 Å². The summed E-state index contributed by atoms with van der Waals surface area (Å²) in [5, 5.41) is 11.5. The van der Waals surface area contributed by atoms with Gasteiger partial charge in [-0.1, -0.05) is 12.1 Å². The van der Waals surface area contributed by atoms with Crippen LogP contribution in [0.4, 0.5) is 5.69 Å². The molecule has 2 aromatic rings. The number of aromatic nitrogens is 3. The summed E-state index contributed by atoms with van der Waals surface area (Å²) in [5.41, 5.74) is 2.13. The van der Waals surface area contributed by atoms with Crippen molar-refractivity contribution in [1.82, 2.24) is 14.8 Å². The van der Waals surface area contributed by atoms with Crippen LogP contribution in [0.5, 0.6) is 0 Å². The molecule has 1 N–H and O–H groups in total. The third-order valence-electron chi connectivity index (χ3n) is 3.39. The maximum atomic E-state index is 5.55. The lowest BCUT2D eigenvalue weighted by atomic mass is 10.1. The topological polar surface area (TPSA) is 52.0 Å². The van der Waals surface area contributed by atoms with E-state index in [1.807, 2.05) is 23.7 Å². The zero-order valence-corrected chi connectivity index (χ0v) is 11.5. The lowest BCUT2D eigenvalue weighted by Gasteiger charge is -2.20. The Morgan fingerprint density at radius 3 is 3.15 bits per heavy atom. The molecule has 5 heteroatoms. The third kappa shape index (κ3) is 2.82. The second kappa shape index (κ2) is 5.77. The molecule has 0 fully saturated rings. The number of nitrogens with one attached hydrogen (secondary N) is 1. The average molecular weight is 270 g/mol. The van der Waals surface area contributed by atoms with Crippen molar-refractivity contribution in [3.8, 4) is 11.4 Å². The van der Waals surface area contributed by atoms with Crippen LogP contribution in [0, 0.1) is 0 Å². The number of hydrogen-bond acceptors (Lipinski definition) is 4. The van der Waals surface area contributed by atoms with Crippen molar-refractivity contribution in [2.75, 3.05) is 11.9 Å². The minimum atomic E-state index is 0.249. The minimum Gasteiger partial charge on any atom is -0.497 e. The molecule has 0 aliphatic carbocycles. The molecule has 1 aliphatic rings. The summed E-state index contributed by atoms with van der Waals surface area (Å²) < 4.78 is 7.46. The monoisotopic (exact) mass is 270 g/mol. The highest BCUT2D eigenvalue weighted by Crippen LogP contribution is 2.20. The summed E-state index contributed by atoms with van der Waals surface area (Å²) >= 11 is 0. The summed E-state index contributed by atoms with van der Waals surface area (Å²) in [7, 11) is 1.94. The van der Waals surface area contributed by atoms with Crippen LogP contribution in [0.15, 0.2) is 42.9 Å². The molecule has 1 aromatic heterocycles. The van der Waals surface area contributed by atoms with Crippen LogP contribution in [-0.2, 0) is 11.8 Å². The van der Waals surface area contributed by atoms with E-state index in [1.54, 1.807) is 12.6 Å². The lowest BCUT2D eigenvalue weighted by molar-refractivity contribution is 0.135. The summed E-state index contributed by atoms with van der Waals surface area (Å²) in [6, 6.07) is 8.20. The zero-order valence-electron chi connectivity index (χ0n) is 11.5. The molecule has 1 unspecified atom stereocenters. The summed E-state index contributed by atoms with van der Waals surface area (Å²) in [6.07, 6.45) is 7.96. The predicted molar refractivity (Wildman–Crippen MR) is 78.2 cm³/mol. The summed E-state index contributed by atoms with van der Waals surface area (Å²) in [4.78, 5) is 0. The van der Waals surface area contributed by atoms with E-state index in [0.717, 1.165) is 36.5 Å². The molecule has 1 aliphatic heterocycles. The predicted octanol–water partition coefficient (Wildman–Crippen LogP) is 2.59. The van der Waals surface area contributed by atoms with Crippen molar-refractivity contribution in [3.63, 3.8) is 0 Å². The first-order valence-electron chi connectivity index (χ1n) is 6.82. The first-order valence-corrected chi connectivity index (χ1v) is 6.82. The molecular formula is C15H18N4O. The second-order valence-electron chi connectivity index (χ2n) is 4.93. The van der Waals surface area contributed by atoms with Gasteiger partial charge in [0, 0.05) is 18.3 Å². The van der Waals surface area contributed by atoms with Gasteiger partial charge in [-0.05, 0) is 31.1 Å². The van der Waals surface area contributed by atoms with E-state index < -0.39 is 0 Å². The zero-order chi connectivity index (χ0) is 13.8. The summed E-state index contributed by atoms with van der Waals surface area (Å²) in [5.74, 6) is 0.866. The SMILES string of the molecule is Cn1cnnc1-c1cccc(NCC2CCC=CO2)c1. The largest absolute Gasteiger partial charge is 0.497 e. The molecule has 3 rings (SSSR count). The van der Waals surface area contributed by atoms with Crippen LogP contribution in [0.3, 0.4) is 0 Å². The van der Waals surface area contributed by atoms with E-state index >= 15 is 0 Å². The third-order valence-corrected chi connectivity index (χ3v) is 3.39. The van der Waals surface area contributed by atoms with Crippen molar-refractivity contribution < 1.29 is 4.74 Å². The van der Waals surface area contributed by atoms with Gasteiger partial charge in [0.1, 0.15) is 12.4 Å². The van der Waals surface area contributed by atoms with E-state index in [-0.39, 0.29) is 6.10 Å². The first-order chi connectivity index (χ1) is 9.83. The van der Waals surface area contributed by atoms with Gasteiger partial charge in [0.25, 0.3) is 0 Å². The van der Waals surface area contributed by atoms with Gasteiger partial charge in [0.05, 0.1) is 12.8 Å². The molecule has 20 heavy (non-hydrogen) atoms. The second-order valence-corrected chi connectivity index (χ2v) is 4.93. The van der Waals surface area contributed by atoms with Crippen molar-refractivity contribution in [2.24, 2.45) is 7.05 Å². The van der Waals surface area contributed by atoms with E-state index in [1.165, 1.54) is 0 Å². The first kappa shape index (κ1) is 12.7. The molecule has 0 saturated heterocycles. The Bertz CT molecular complexity index is 605. The van der Waals surface area contributed by atoms with Crippen molar-refractivity contribution in [1.29, 1.82) is 0 Å². The van der Waals surface area contributed by atoms with Crippen molar-refractivity contribution in [3.05, 3.63) is 42.9 Å². The summed E-state index contributed by atoms with van der Waals surface area (Å²) in [6.45, 7) is 0.812. The molecule has 0 radical (unpaired) electrons. The molecule has 104 valence electrons. The molecule has 5 nitrogen and oxygen atoms in total. The highest BCUT2D eigenvalue weighted by atomic mass is 16.5. The van der Waals surface area contributed by atoms with Gasteiger partial charge in [0.2, 0.25) is 0 Å². The number of nitrogens with zero attached hydrogens (tertiary/aromatic N) is 3. The molecule has 1 aromatic carbocycles. The number of ether oxygens (including phenoxy) is 1. The Morgan fingerprint density at radius 1 is 1.45 bits per heavy atom. The minimum absolute atomic E-state index is 0.249. The van der Waals surface area contributed by atoms with Crippen molar-refractivity contribution in [2.45, 2.75) is 18.9 Å². The van der Waals surface area contributed by atoms with Gasteiger partial charge < -0.3 is 14.6 Å². The van der Waals surface area contributed by atoms with Crippen LogP contribution < -0.4 is 5.32 Å². The standard InChI is InChI=1S/C15H18N4O/c1-19-11-17-18-15(19)12-5-4-6-13(9-12)16-10-14-7-2-3-8-20-14/h3-6,8-9,11,14,16H,2,7,10H2,1H3. The Labute approximate surface area is 118 Å². The molecular weight excluding hydrogens is 252 g/mol. The van der Waals surface area contributed by atoms with Gasteiger partial charge in [-0.2, -0.15) is 0 Å². The van der Waals surface area contributed by atoms with E-state index in [4.69, 9.17) is 4.74 Å². The van der Waals surface area contributed by atoms with Gasteiger partial charge in [-0.15, -0.1) is 10.2 Å². The van der Waals surface area contributed by atoms with Crippen LogP contribution in [0.2, 0.25) is 0 Å². The number of rotatable bonds is 4. The smallest absolute Gasteiger partial charge is 0.163 e. The average Bonchev–Trinajstić information content (AvgIpc) is 2.93. The highest BCUT2D eigenvalue weighted by molar-refractivity contribution is 5.62. The number of benzene rings is 1. The number of anilines is 1. The lowest BCUT2D eigenvalue weighted by Crippen LogP contribution is -2.22. The maximum Gasteiger partial charge on any atom is 0.163 e. The molecule has 0 bridgehead atoms. The highest BCUT2D eigenvalue weighted by Gasteiger charge is 2.11. The quantitative estimate of drug-likeness (QED) is 0.927. The fourth-order valence-corrected chi connectivity index (χ4v) is 2.28. The normalized spacial score (nSPS) is 17.8. The van der Waals surface area contributed by atoms with Crippen molar-refractivity contribution >= 4 is 5.69 Å². The van der Waals surface area contributed by atoms with E-state index in [0.29, 0.717) is 0 Å². The van der Waals surface area contributed by atoms with Crippen LogP contribution in [0.25, 0.3) is 11.4 Å². The molecule has 2 heterocycles.